The van der Waals surface area contributed by atoms with E-state index in [9.17, 15) is 9.18 Å². The summed E-state index contributed by atoms with van der Waals surface area (Å²) in [7, 11) is 0. The zero-order valence-corrected chi connectivity index (χ0v) is 8.38. The third-order valence-corrected chi connectivity index (χ3v) is 2.19. The summed E-state index contributed by atoms with van der Waals surface area (Å²) in [6, 6.07) is 4.51. The molecule has 0 aliphatic rings. The molecular weight excluding hydrogens is 181 g/mol. The van der Waals surface area contributed by atoms with Gasteiger partial charge in [0, 0.05) is 12.5 Å². The Kier molecular flexibility index (Phi) is 3.36. The summed E-state index contributed by atoms with van der Waals surface area (Å²) in [4.78, 5) is 11.6. The molecule has 1 unspecified atom stereocenters. The molecule has 1 atom stereocenters. The van der Waals surface area contributed by atoms with Gasteiger partial charge in [0.05, 0.1) is 5.56 Å². The highest BCUT2D eigenvalue weighted by Crippen LogP contribution is 2.14. The first kappa shape index (κ1) is 10.9. The van der Waals surface area contributed by atoms with Gasteiger partial charge in [0.15, 0.2) is 5.78 Å². The molecule has 0 saturated carbocycles. The third-order valence-electron chi connectivity index (χ3n) is 2.19. The molecule has 0 amide bonds. The van der Waals surface area contributed by atoms with E-state index in [-0.39, 0.29) is 23.8 Å². The fourth-order valence-electron chi connectivity index (χ4n) is 1.20. The Morgan fingerprint density at radius 2 is 2.21 bits per heavy atom. The number of carbonyl (C=O) groups is 1. The van der Waals surface area contributed by atoms with Gasteiger partial charge in [0.1, 0.15) is 5.82 Å². The van der Waals surface area contributed by atoms with Crippen molar-refractivity contribution in [1.82, 2.24) is 0 Å². The molecule has 0 spiro atoms. The van der Waals surface area contributed by atoms with E-state index >= 15 is 0 Å². The lowest BCUT2D eigenvalue weighted by atomic mass is 9.98. The smallest absolute Gasteiger partial charge is 0.169 e. The Labute approximate surface area is 82.9 Å². The normalized spacial score (nSPS) is 12.6. The summed E-state index contributed by atoms with van der Waals surface area (Å²) in [5, 5.41) is 0. The van der Waals surface area contributed by atoms with Gasteiger partial charge in [-0.3, -0.25) is 4.79 Å². The standard InChI is InChI=1S/C11H14FNO/c1-7-3-4-10(12)9(5-7)11(14)8(2)6-13/h3-5,8H,6,13H2,1-2H3. The van der Waals surface area contributed by atoms with Crippen molar-refractivity contribution in [3.05, 3.63) is 35.1 Å². The molecule has 76 valence electrons. The second-order valence-corrected chi connectivity index (χ2v) is 3.48. The van der Waals surface area contributed by atoms with E-state index in [1.165, 1.54) is 6.07 Å². The number of carbonyl (C=O) groups excluding carboxylic acids is 1. The monoisotopic (exact) mass is 195 g/mol. The van der Waals surface area contributed by atoms with Crippen LogP contribution in [0.25, 0.3) is 0 Å². The fraction of sp³-hybridized carbons (Fsp3) is 0.364. The van der Waals surface area contributed by atoms with Gasteiger partial charge in [-0.1, -0.05) is 18.6 Å². The Morgan fingerprint density at radius 3 is 2.79 bits per heavy atom. The van der Waals surface area contributed by atoms with Crippen molar-refractivity contribution >= 4 is 5.78 Å². The van der Waals surface area contributed by atoms with Crippen LogP contribution < -0.4 is 5.73 Å². The first-order valence-corrected chi connectivity index (χ1v) is 4.56. The molecule has 2 nitrogen and oxygen atoms in total. The van der Waals surface area contributed by atoms with Crippen LogP contribution in [-0.2, 0) is 0 Å². The minimum atomic E-state index is -0.471. The molecule has 0 aromatic heterocycles. The number of halogens is 1. The number of Topliss-reactive ketones (excluding diaryl/α,β-unsaturated/α-hetero) is 1. The summed E-state index contributed by atoms with van der Waals surface area (Å²) >= 11 is 0. The number of benzene rings is 1. The Balaban J connectivity index is 3.06. The molecule has 0 saturated heterocycles. The molecule has 0 radical (unpaired) electrons. The van der Waals surface area contributed by atoms with E-state index in [4.69, 9.17) is 5.73 Å². The van der Waals surface area contributed by atoms with Crippen LogP contribution in [0, 0.1) is 18.7 Å². The minimum absolute atomic E-state index is 0.142. The predicted molar refractivity (Wildman–Crippen MR) is 53.7 cm³/mol. The highest BCUT2D eigenvalue weighted by Gasteiger charge is 2.17. The van der Waals surface area contributed by atoms with Crippen molar-refractivity contribution in [3.63, 3.8) is 0 Å². The molecule has 0 heterocycles. The SMILES string of the molecule is Cc1ccc(F)c(C(=O)C(C)CN)c1. The summed E-state index contributed by atoms with van der Waals surface area (Å²) in [6.45, 7) is 3.76. The van der Waals surface area contributed by atoms with Crippen LogP contribution in [0.4, 0.5) is 4.39 Å². The molecule has 1 aromatic rings. The van der Waals surface area contributed by atoms with Crippen LogP contribution in [0.3, 0.4) is 0 Å². The lowest BCUT2D eigenvalue weighted by molar-refractivity contribution is 0.0930. The van der Waals surface area contributed by atoms with E-state index in [0.717, 1.165) is 5.56 Å². The minimum Gasteiger partial charge on any atom is -0.330 e. The highest BCUT2D eigenvalue weighted by atomic mass is 19.1. The van der Waals surface area contributed by atoms with E-state index < -0.39 is 5.82 Å². The molecule has 0 aliphatic carbocycles. The largest absolute Gasteiger partial charge is 0.330 e. The van der Waals surface area contributed by atoms with Gasteiger partial charge in [-0.15, -0.1) is 0 Å². The predicted octanol–water partition coefficient (Wildman–Crippen LogP) is 1.91. The first-order chi connectivity index (χ1) is 6.56. The van der Waals surface area contributed by atoms with E-state index in [0.29, 0.717) is 0 Å². The molecule has 2 N–H and O–H groups in total. The van der Waals surface area contributed by atoms with Crippen molar-refractivity contribution in [2.24, 2.45) is 11.7 Å². The average molecular weight is 195 g/mol. The number of nitrogens with two attached hydrogens (primary N) is 1. The van der Waals surface area contributed by atoms with Crippen molar-refractivity contribution < 1.29 is 9.18 Å². The molecule has 0 fully saturated rings. The third kappa shape index (κ3) is 2.17. The van der Waals surface area contributed by atoms with Gasteiger partial charge in [0.25, 0.3) is 0 Å². The fourth-order valence-corrected chi connectivity index (χ4v) is 1.20. The maximum absolute atomic E-state index is 13.3. The maximum Gasteiger partial charge on any atom is 0.169 e. The summed E-state index contributed by atoms with van der Waals surface area (Å²) < 4.78 is 13.3. The van der Waals surface area contributed by atoms with Gasteiger partial charge in [-0.25, -0.2) is 4.39 Å². The summed E-state index contributed by atoms with van der Waals surface area (Å²) in [5.41, 5.74) is 6.37. The topological polar surface area (TPSA) is 43.1 Å². The lowest BCUT2D eigenvalue weighted by Crippen LogP contribution is -2.21. The highest BCUT2D eigenvalue weighted by molar-refractivity contribution is 5.98. The first-order valence-electron chi connectivity index (χ1n) is 4.56. The number of rotatable bonds is 3. The number of aryl methyl sites for hydroxylation is 1. The van der Waals surface area contributed by atoms with Gasteiger partial charge in [0.2, 0.25) is 0 Å². The van der Waals surface area contributed by atoms with E-state index in [2.05, 4.69) is 0 Å². The molecule has 3 heteroatoms. The van der Waals surface area contributed by atoms with Gasteiger partial charge >= 0.3 is 0 Å². The van der Waals surface area contributed by atoms with Crippen molar-refractivity contribution in [2.45, 2.75) is 13.8 Å². The summed E-state index contributed by atoms with van der Waals surface area (Å²) in [6.07, 6.45) is 0. The van der Waals surface area contributed by atoms with Crippen LogP contribution in [0.1, 0.15) is 22.8 Å². The van der Waals surface area contributed by atoms with Crippen molar-refractivity contribution in [3.8, 4) is 0 Å². The molecule has 1 aromatic carbocycles. The Bertz CT molecular complexity index is 349. The molecule has 14 heavy (non-hydrogen) atoms. The van der Waals surface area contributed by atoms with Crippen LogP contribution in [-0.4, -0.2) is 12.3 Å². The van der Waals surface area contributed by atoms with Crippen LogP contribution in [0.5, 0.6) is 0 Å². The number of hydrogen-bond donors (Lipinski definition) is 1. The molecular formula is C11H14FNO. The zero-order chi connectivity index (χ0) is 10.7. The Morgan fingerprint density at radius 1 is 1.57 bits per heavy atom. The van der Waals surface area contributed by atoms with Gasteiger partial charge in [-0.05, 0) is 19.1 Å². The van der Waals surface area contributed by atoms with Crippen LogP contribution >= 0.6 is 0 Å². The summed E-state index contributed by atoms with van der Waals surface area (Å²) in [5.74, 6) is -1.03. The van der Waals surface area contributed by atoms with Crippen LogP contribution in [0.15, 0.2) is 18.2 Å². The maximum atomic E-state index is 13.3. The van der Waals surface area contributed by atoms with E-state index in [1.54, 1.807) is 19.1 Å². The number of ketones is 1. The van der Waals surface area contributed by atoms with Crippen LogP contribution in [0.2, 0.25) is 0 Å². The second kappa shape index (κ2) is 4.33. The zero-order valence-electron chi connectivity index (χ0n) is 8.38. The van der Waals surface area contributed by atoms with Gasteiger partial charge in [-0.2, -0.15) is 0 Å². The molecule has 1 rings (SSSR count). The average Bonchev–Trinajstić information content (AvgIpc) is 2.19. The van der Waals surface area contributed by atoms with Crippen molar-refractivity contribution in [1.29, 1.82) is 0 Å². The second-order valence-electron chi connectivity index (χ2n) is 3.48. The quantitative estimate of drug-likeness (QED) is 0.749. The van der Waals surface area contributed by atoms with E-state index in [1.807, 2.05) is 6.92 Å². The van der Waals surface area contributed by atoms with Crippen molar-refractivity contribution in [2.75, 3.05) is 6.54 Å². The van der Waals surface area contributed by atoms with Gasteiger partial charge < -0.3 is 5.73 Å². The number of hydrogen-bond acceptors (Lipinski definition) is 2. The lowest BCUT2D eigenvalue weighted by Gasteiger charge is -2.08. The Hall–Kier alpha value is -1.22. The molecule has 0 bridgehead atoms. The molecule has 0 aliphatic heterocycles.